The Morgan fingerprint density at radius 3 is 2.80 bits per heavy atom. The Morgan fingerprint density at radius 2 is 2.20 bits per heavy atom. The molecule has 102 valence electrons. The Hall–Kier alpha value is -1.85. The van der Waals surface area contributed by atoms with E-state index in [0.29, 0.717) is 5.82 Å². The van der Waals surface area contributed by atoms with Gasteiger partial charge in [0.1, 0.15) is 11.5 Å². The number of thiophene rings is 1. The quantitative estimate of drug-likeness (QED) is 0.784. The number of hydrogen-bond donors (Lipinski definition) is 1. The van der Waals surface area contributed by atoms with Crippen LogP contribution in [0.15, 0.2) is 29.9 Å². The highest BCUT2D eigenvalue weighted by Gasteiger charge is 2.21. The standard InChI is InChI=1S/C14H13ClN4S/c1-8-7-20-13(11(8)15)12-10(14(16)19(2)18-12)9-4-3-5-17-6-9/h3-7H,16H2,1-2H3. The fourth-order valence-electron chi connectivity index (χ4n) is 2.08. The van der Waals surface area contributed by atoms with Crippen LogP contribution < -0.4 is 5.73 Å². The monoisotopic (exact) mass is 304 g/mol. The Kier molecular flexibility index (Phi) is 3.23. The van der Waals surface area contributed by atoms with Gasteiger partial charge in [0.2, 0.25) is 0 Å². The number of nitrogens with two attached hydrogens (primary N) is 1. The van der Waals surface area contributed by atoms with E-state index in [1.54, 1.807) is 28.4 Å². The van der Waals surface area contributed by atoms with Gasteiger partial charge in [0.05, 0.1) is 15.5 Å². The van der Waals surface area contributed by atoms with Crippen LogP contribution in [0.1, 0.15) is 5.56 Å². The van der Waals surface area contributed by atoms with E-state index >= 15 is 0 Å². The third-order valence-electron chi connectivity index (χ3n) is 3.16. The van der Waals surface area contributed by atoms with Crippen molar-refractivity contribution in [2.45, 2.75) is 6.92 Å². The lowest BCUT2D eigenvalue weighted by atomic mass is 10.1. The van der Waals surface area contributed by atoms with Gasteiger partial charge in [0.15, 0.2) is 0 Å². The van der Waals surface area contributed by atoms with E-state index in [-0.39, 0.29) is 0 Å². The molecule has 0 unspecified atom stereocenters. The molecule has 0 spiro atoms. The second-order valence-electron chi connectivity index (χ2n) is 4.54. The molecule has 0 aliphatic rings. The van der Waals surface area contributed by atoms with Gasteiger partial charge in [0.25, 0.3) is 0 Å². The molecule has 0 bridgehead atoms. The van der Waals surface area contributed by atoms with Gasteiger partial charge in [-0.2, -0.15) is 5.10 Å². The number of halogens is 1. The molecule has 0 radical (unpaired) electrons. The first kappa shape index (κ1) is 13.1. The molecule has 4 nitrogen and oxygen atoms in total. The summed E-state index contributed by atoms with van der Waals surface area (Å²) in [6.07, 6.45) is 3.52. The summed E-state index contributed by atoms with van der Waals surface area (Å²) in [5.41, 5.74) is 9.84. The van der Waals surface area contributed by atoms with E-state index in [1.807, 2.05) is 31.5 Å². The third-order valence-corrected chi connectivity index (χ3v) is 4.86. The smallest absolute Gasteiger partial charge is 0.130 e. The lowest BCUT2D eigenvalue weighted by Gasteiger charge is -2.03. The SMILES string of the molecule is Cc1csc(-c2nn(C)c(N)c2-c2cccnc2)c1Cl. The topological polar surface area (TPSA) is 56.7 Å². The summed E-state index contributed by atoms with van der Waals surface area (Å²) in [5, 5.41) is 7.28. The zero-order chi connectivity index (χ0) is 14.3. The van der Waals surface area contributed by atoms with Crippen molar-refractivity contribution in [2.75, 3.05) is 5.73 Å². The fraction of sp³-hybridized carbons (Fsp3) is 0.143. The molecule has 3 aromatic heterocycles. The minimum atomic E-state index is 0.607. The van der Waals surface area contributed by atoms with Gasteiger partial charge in [-0.25, -0.2) is 0 Å². The van der Waals surface area contributed by atoms with Crippen molar-refractivity contribution in [3.8, 4) is 21.7 Å². The number of nitrogens with zero attached hydrogens (tertiary/aromatic N) is 3. The zero-order valence-corrected chi connectivity index (χ0v) is 12.7. The lowest BCUT2D eigenvalue weighted by molar-refractivity contribution is 0.783. The van der Waals surface area contributed by atoms with E-state index in [1.165, 1.54) is 0 Å². The highest BCUT2D eigenvalue weighted by molar-refractivity contribution is 7.14. The Labute approximate surface area is 125 Å². The first-order chi connectivity index (χ1) is 9.59. The summed E-state index contributed by atoms with van der Waals surface area (Å²) in [4.78, 5) is 5.09. The van der Waals surface area contributed by atoms with E-state index in [4.69, 9.17) is 17.3 Å². The summed E-state index contributed by atoms with van der Waals surface area (Å²) >= 11 is 7.95. The number of aromatic nitrogens is 3. The third kappa shape index (κ3) is 1.99. The highest BCUT2D eigenvalue weighted by Crippen LogP contribution is 2.42. The molecular weight excluding hydrogens is 292 g/mol. The van der Waals surface area contributed by atoms with Gasteiger partial charge in [-0.1, -0.05) is 17.7 Å². The molecule has 6 heteroatoms. The molecule has 20 heavy (non-hydrogen) atoms. The number of nitrogen functional groups attached to an aromatic ring is 1. The van der Waals surface area contributed by atoms with Crippen molar-refractivity contribution >= 4 is 28.8 Å². The molecule has 0 saturated carbocycles. The maximum absolute atomic E-state index is 6.37. The van der Waals surface area contributed by atoms with Crippen molar-refractivity contribution < 1.29 is 0 Å². The van der Waals surface area contributed by atoms with E-state index in [0.717, 1.165) is 32.3 Å². The fourth-order valence-corrected chi connectivity index (χ4v) is 3.35. The predicted octanol–water partition coefficient (Wildman–Crippen LogP) is 3.75. The van der Waals surface area contributed by atoms with Gasteiger partial charge in [-0.05, 0) is 23.9 Å². The van der Waals surface area contributed by atoms with Crippen LogP contribution in [0.4, 0.5) is 5.82 Å². The molecule has 0 aliphatic heterocycles. The average molecular weight is 305 g/mol. The summed E-state index contributed by atoms with van der Waals surface area (Å²) < 4.78 is 1.67. The van der Waals surface area contributed by atoms with Crippen molar-refractivity contribution in [3.63, 3.8) is 0 Å². The summed E-state index contributed by atoms with van der Waals surface area (Å²) in [7, 11) is 1.83. The normalized spacial score (nSPS) is 10.9. The van der Waals surface area contributed by atoms with E-state index in [9.17, 15) is 0 Å². The van der Waals surface area contributed by atoms with Crippen molar-refractivity contribution in [2.24, 2.45) is 7.05 Å². The van der Waals surface area contributed by atoms with Gasteiger partial charge >= 0.3 is 0 Å². The number of aryl methyl sites for hydroxylation is 2. The second kappa shape index (κ2) is 4.92. The number of rotatable bonds is 2. The summed E-state index contributed by atoms with van der Waals surface area (Å²) in [6, 6.07) is 3.85. The maximum atomic E-state index is 6.37. The van der Waals surface area contributed by atoms with Gasteiger partial charge in [-0.15, -0.1) is 11.3 Å². The van der Waals surface area contributed by atoms with Crippen molar-refractivity contribution in [3.05, 3.63) is 40.5 Å². The molecule has 2 N–H and O–H groups in total. The Morgan fingerprint density at radius 1 is 1.40 bits per heavy atom. The molecule has 3 heterocycles. The van der Waals surface area contributed by atoms with Crippen LogP contribution in [0.3, 0.4) is 0 Å². The molecule has 0 amide bonds. The van der Waals surface area contributed by atoms with Crippen LogP contribution in [0.25, 0.3) is 21.7 Å². The number of hydrogen-bond acceptors (Lipinski definition) is 4. The molecule has 3 rings (SSSR count). The Bertz CT molecular complexity index is 761. The van der Waals surface area contributed by atoms with Crippen LogP contribution in [0, 0.1) is 6.92 Å². The van der Waals surface area contributed by atoms with Crippen LogP contribution in [-0.2, 0) is 7.05 Å². The predicted molar refractivity (Wildman–Crippen MR) is 83.9 cm³/mol. The molecular formula is C14H13ClN4S. The maximum Gasteiger partial charge on any atom is 0.130 e. The van der Waals surface area contributed by atoms with Crippen LogP contribution in [0.2, 0.25) is 5.02 Å². The molecule has 0 saturated heterocycles. The summed E-state index contributed by atoms with van der Waals surface area (Å²) in [6.45, 7) is 1.98. The highest BCUT2D eigenvalue weighted by atomic mass is 35.5. The van der Waals surface area contributed by atoms with Crippen LogP contribution >= 0.6 is 22.9 Å². The largest absolute Gasteiger partial charge is 0.383 e. The van der Waals surface area contributed by atoms with Crippen LogP contribution in [-0.4, -0.2) is 14.8 Å². The van der Waals surface area contributed by atoms with E-state index < -0.39 is 0 Å². The number of anilines is 1. The molecule has 0 fully saturated rings. The summed E-state index contributed by atoms with van der Waals surface area (Å²) in [5.74, 6) is 0.607. The van der Waals surface area contributed by atoms with Crippen molar-refractivity contribution in [1.29, 1.82) is 0 Å². The first-order valence-corrected chi connectivity index (χ1v) is 7.32. The Balaban J connectivity index is 2.28. The first-order valence-electron chi connectivity index (χ1n) is 6.06. The van der Waals surface area contributed by atoms with E-state index in [2.05, 4.69) is 10.1 Å². The van der Waals surface area contributed by atoms with Gasteiger partial charge < -0.3 is 5.73 Å². The minimum absolute atomic E-state index is 0.607. The van der Waals surface area contributed by atoms with Crippen molar-refractivity contribution in [1.82, 2.24) is 14.8 Å². The minimum Gasteiger partial charge on any atom is -0.383 e. The zero-order valence-electron chi connectivity index (χ0n) is 11.1. The molecule has 0 aliphatic carbocycles. The lowest BCUT2D eigenvalue weighted by Crippen LogP contribution is -1.98. The van der Waals surface area contributed by atoms with Gasteiger partial charge in [-0.3, -0.25) is 9.67 Å². The second-order valence-corrected chi connectivity index (χ2v) is 5.79. The molecule has 0 aromatic carbocycles. The number of pyridine rings is 1. The van der Waals surface area contributed by atoms with Gasteiger partial charge in [0, 0.05) is 25.0 Å². The van der Waals surface area contributed by atoms with Crippen LogP contribution in [0.5, 0.6) is 0 Å². The molecule has 0 atom stereocenters. The molecule has 3 aromatic rings. The average Bonchev–Trinajstić information content (AvgIpc) is 2.93.